The van der Waals surface area contributed by atoms with Gasteiger partial charge in [0.25, 0.3) is 5.69 Å². The van der Waals surface area contributed by atoms with Gasteiger partial charge in [0.1, 0.15) is 5.75 Å². The van der Waals surface area contributed by atoms with Crippen LogP contribution >= 0.6 is 11.6 Å². The standard InChI is InChI=1S/C23H21ClN2O5S/c1-31-19-10-4-15-5-13-22(23(21(15)14-19)16-2-6-17(24)7-3-16)25-32(29,30)20-11-8-18(9-12-20)26(27)28/h2-4,6-12,14,22-23,25H,5,13H2,1H3/t22-,23-/m1/s1. The number of ether oxygens (including phenoxy) is 1. The van der Waals surface area contributed by atoms with Crippen molar-refractivity contribution in [3.63, 3.8) is 0 Å². The highest BCUT2D eigenvalue weighted by Gasteiger charge is 2.34. The molecular formula is C23H21ClN2O5S. The Morgan fingerprint density at radius 1 is 1.06 bits per heavy atom. The summed E-state index contributed by atoms with van der Waals surface area (Å²) in [5.74, 6) is 0.445. The van der Waals surface area contributed by atoms with Crippen LogP contribution in [-0.2, 0) is 16.4 Å². The number of nitro groups is 1. The van der Waals surface area contributed by atoms with Crippen LogP contribution in [-0.4, -0.2) is 26.5 Å². The monoisotopic (exact) mass is 472 g/mol. The van der Waals surface area contributed by atoms with E-state index in [2.05, 4.69) is 4.72 Å². The Morgan fingerprint density at radius 2 is 1.75 bits per heavy atom. The van der Waals surface area contributed by atoms with Crippen LogP contribution in [0.5, 0.6) is 5.75 Å². The number of nitro benzene ring substituents is 1. The van der Waals surface area contributed by atoms with Crippen molar-refractivity contribution in [3.05, 3.63) is 98.6 Å². The van der Waals surface area contributed by atoms with E-state index in [1.165, 1.54) is 24.3 Å². The van der Waals surface area contributed by atoms with Crippen molar-refractivity contribution in [1.82, 2.24) is 4.72 Å². The van der Waals surface area contributed by atoms with Gasteiger partial charge in [-0.1, -0.05) is 29.8 Å². The number of methoxy groups -OCH3 is 1. The van der Waals surface area contributed by atoms with Crippen molar-refractivity contribution in [2.75, 3.05) is 7.11 Å². The van der Waals surface area contributed by atoms with Gasteiger partial charge in [-0.3, -0.25) is 10.1 Å². The number of aryl methyl sites for hydroxylation is 1. The second kappa shape index (κ2) is 8.90. The number of hydrogen-bond donors (Lipinski definition) is 1. The normalized spacial score (nSPS) is 18.1. The zero-order valence-corrected chi connectivity index (χ0v) is 18.8. The van der Waals surface area contributed by atoms with Crippen LogP contribution in [0.25, 0.3) is 0 Å². The lowest BCUT2D eigenvalue weighted by molar-refractivity contribution is -0.384. The largest absolute Gasteiger partial charge is 0.497 e. The van der Waals surface area contributed by atoms with Crippen molar-refractivity contribution in [2.45, 2.75) is 29.7 Å². The Bertz CT molecular complexity index is 1240. The molecular weight excluding hydrogens is 452 g/mol. The summed E-state index contributed by atoms with van der Waals surface area (Å²) in [6.45, 7) is 0. The van der Waals surface area contributed by atoms with Crippen LogP contribution in [0.3, 0.4) is 0 Å². The van der Waals surface area contributed by atoms with Gasteiger partial charge in [-0.15, -0.1) is 0 Å². The zero-order valence-electron chi connectivity index (χ0n) is 17.2. The van der Waals surface area contributed by atoms with E-state index >= 15 is 0 Å². The molecule has 0 radical (unpaired) electrons. The summed E-state index contributed by atoms with van der Waals surface area (Å²) in [5, 5.41) is 11.5. The molecule has 7 nitrogen and oxygen atoms in total. The first kappa shape index (κ1) is 22.3. The Labute approximate surface area is 191 Å². The smallest absolute Gasteiger partial charge is 0.269 e. The Kier molecular flexibility index (Phi) is 6.19. The van der Waals surface area contributed by atoms with Crippen molar-refractivity contribution in [3.8, 4) is 5.75 Å². The molecule has 0 saturated heterocycles. The molecule has 3 aromatic rings. The van der Waals surface area contributed by atoms with Gasteiger partial charge in [0, 0.05) is 29.1 Å². The molecule has 1 N–H and O–H groups in total. The first-order valence-electron chi connectivity index (χ1n) is 9.97. The third-order valence-electron chi connectivity index (χ3n) is 5.71. The second-order valence-electron chi connectivity index (χ2n) is 7.61. The predicted octanol–water partition coefficient (Wildman–Crippen LogP) is 4.68. The molecule has 4 rings (SSSR count). The second-order valence-corrected chi connectivity index (χ2v) is 9.76. The van der Waals surface area contributed by atoms with Crippen LogP contribution in [0, 0.1) is 10.1 Å². The number of non-ortho nitro benzene ring substituents is 1. The van der Waals surface area contributed by atoms with Crippen LogP contribution < -0.4 is 9.46 Å². The molecule has 9 heteroatoms. The number of rotatable bonds is 6. The van der Waals surface area contributed by atoms with Crippen LogP contribution in [0.1, 0.15) is 29.0 Å². The lowest BCUT2D eigenvalue weighted by Gasteiger charge is -2.34. The quantitative estimate of drug-likeness (QED) is 0.414. The summed E-state index contributed by atoms with van der Waals surface area (Å²) in [5.41, 5.74) is 2.90. The molecule has 0 spiro atoms. The molecule has 0 amide bonds. The Balaban J connectivity index is 1.72. The lowest BCUT2D eigenvalue weighted by Crippen LogP contribution is -2.42. The van der Waals surface area contributed by atoms with Crippen molar-refractivity contribution in [1.29, 1.82) is 0 Å². The molecule has 3 aromatic carbocycles. The summed E-state index contributed by atoms with van der Waals surface area (Å²) in [6, 6.07) is 17.7. The maximum Gasteiger partial charge on any atom is 0.269 e. The van der Waals surface area contributed by atoms with Gasteiger partial charge in [0.2, 0.25) is 10.0 Å². The molecule has 0 bridgehead atoms. The molecule has 1 aliphatic carbocycles. The number of nitrogens with one attached hydrogen (secondary N) is 1. The number of benzene rings is 3. The summed E-state index contributed by atoms with van der Waals surface area (Å²) in [4.78, 5) is 10.3. The molecule has 0 heterocycles. The summed E-state index contributed by atoms with van der Waals surface area (Å²) in [7, 11) is -2.31. The Morgan fingerprint density at radius 3 is 2.38 bits per heavy atom. The zero-order chi connectivity index (χ0) is 22.9. The fourth-order valence-electron chi connectivity index (χ4n) is 4.13. The van der Waals surface area contributed by atoms with Crippen molar-refractivity contribution < 1.29 is 18.1 Å². The molecule has 1 aliphatic rings. The van der Waals surface area contributed by atoms with E-state index in [4.69, 9.17) is 16.3 Å². The van der Waals surface area contributed by atoms with E-state index in [9.17, 15) is 18.5 Å². The fraction of sp³-hybridized carbons (Fsp3) is 0.217. The van der Waals surface area contributed by atoms with Gasteiger partial charge in [0.15, 0.2) is 0 Å². The first-order valence-corrected chi connectivity index (χ1v) is 11.8. The minimum atomic E-state index is -3.90. The number of hydrogen-bond acceptors (Lipinski definition) is 5. The lowest BCUT2D eigenvalue weighted by atomic mass is 9.76. The summed E-state index contributed by atoms with van der Waals surface area (Å²) < 4.78 is 34.5. The highest BCUT2D eigenvalue weighted by Crippen LogP contribution is 2.39. The molecule has 32 heavy (non-hydrogen) atoms. The predicted molar refractivity (Wildman–Crippen MR) is 122 cm³/mol. The van der Waals surface area contributed by atoms with E-state index in [-0.39, 0.29) is 16.5 Å². The molecule has 2 atom stereocenters. The van der Waals surface area contributed by atoms with Gasteiger partial charge in [-0.2, -0.15) is 0 Å². The number of nitrogens with zero attached hydrogens (tertiary/aromatic N) is 1. The molecule has 0 unspecified atom stereocenters. The molecule has 0 aliphatic heterocycles. The van der Waals surface area contributed by atoms with Crippen LogP contribution in [0.4, 0.5) is 5.69 Å². The van der Waals surface area contributed by atoms with Gasteiger partial charge >= 0.3 is 0 Å². The van der Waals surface area contributed by atoms with Crippen molar-refractivity contribution in [2.24, 2.45) is 0 Å². The van der Waals surface area contributed by atoms with E-state index in [1.807, 2.05) is 30.3 Å². The SMILES string of the molecule is COc1ccc2c(c1)[C@@H](c1ccc(Cl)cc1)[C@H](NS(=O)(=O)c1ccc([N+](=O)[O-])cc1)CC2. The maximum absolute atomic E-state index is 13.1. The summed E-state index contributed by atoms with van der Waals surface area (Å²) >= 11 is 6.08. The van der Waals surface area contributed by atoms with Gasteiger partial charge in [0.05, 0.1) is 16.9 Å². The topological polar surface area (TPSA) is 98.5 Å². The molecule has 166 valence electrons. The highest BCUT2D eigenvalue weighted by molar-refractivity contribution is 7.89. The molecule has 0 saturated carbocycles. The van der Waals surface area contributed by atoms with Crippen LogP contribution in [0.15, 0.2) is 71.6 Å². The third kappa shape index (κ3) is 4.48. The van der Waals surface area contributed by atoms with E-state index in [0.717, 1.165) is 16.7 Å². The summed E-state index contributed by atoms with van der Waals surface area (Å²) in [6.07, 6.45) is 1.30. The van der Waals surface area contributed by atoms with Crippen LogP contribution in [0.2, 0.25) is 5.02 Å². The van der Waals surface area contributed by atoms with Gasteiger partial charge < -0.3 is 4.74 Å². The van der Waals surface area contributed by atoms with Crippen molar-refractivity contribution >= 4 is 27.3 Å². The van der Waals surface area contributed by atoms with E-state index in [0.29, 0.717) is 23.6 Å². The first-order chi connectivity index (χ1) is 15.3. The number of sulfonamides is 1. The van der Waals surface area contributed by atoms with Gasteiger partial charge in [-0.05, 0) is 65.9 Å². The van der Waals surface area contributed by atoms with E-state index < -0.39 is 21.0 Å². The maximum atomic E-state index is 13.1. The average Bonchev–Trinajstić information content (AvgIpc) is 2.79. The minimum absolute atomic E-state index is 0.0191. The van der Waals surface area contributed by atoms with E-state index in [1.54, 1.807) is 19.2 Å². The highest BCUT2D eigenvalue weighted by atomic mass is 35.5. The average molecular weight is 473 g/mol. The molecule has 0 aromatic heterocycles. The minimum Gasteiger partial charge on any atom is -0.497 e. The fourth-order valence-corrected chi connectivity index (χ4v) is 5.54. The molecule has 0 fully saturated rings. The number of halogens is 1. The Hall–Kier alpha value is -2.94. The third-order valence-corrected chi connectivity index (χ3v) is 7.47. The van der Waals surface area contributed by atoms with Gasteiger partial charge in [-0.25, -0.2) is 13.1 Å². The number of fused-ring (bicyclic) bond motifs is 1.